The molecular weight excluding hydrogens is 224 g/mol. The van der Waals surface area contributed by atoms with Crippen molar-refractivity contribution in [2.75, 3.05) is 33.4 Å². The Balaban J connectivity index is 3.94. The summed E-state index contributed by atoms with van der Waals surface area (Å²) >= 11 is 0. The van der Waals surface area contributed by atoms with Crippen molar-refractivity contribution in [3.8, 4) is 0 Å². The monoisotopic (exact) mass is 242 g/mol. The molecule has 0 saturated heterocycles. The molecule has 1 unspecified atom stereocenters. The highest BCUT2D eigenvalue weighted by molar-refractivity contribution is 7.87. The molecule has 15 heavy (non-hydrogen) atoms. The summed E-state index contributed by atoms with van der Waals surface area (Å²) in [4.78, 5) is 0. The van der Waals surface area contributed by atoms with Gasteiger partial charge in [-0.25, -0.2) is 0 Å². The van der Waals surface area contributed by atoms with Gasteiger partial charge in [0, 0.05) is 20.2 Å². The maximum Gasteiger partial charge on any atom is 0.277 e. The van der Waals surface area contributed by atoms with Crippen LogP contribution in [-0.2, 0) is 14.9 Å². The Morgan fingerprint density at radius 1 is 1.40 bits per heavy atom. The first-order chi connectivity index (χ1) is 6.83. The number of methoxy groups -OCH3 is 1. The topological polar surface area (TPSA) is 108 Å². The largest absolute Gasteiger partial charge is 0.393 e. The van der Waals surface area contributed by atoms with Gasteiger partial charge in [0.25, 0.3) is 10.2 Å². The van der Waals surface area contributed by atoms with Gasteiger partial charge in [-0.05, 0) is 6.92 Å². The molecule has 0 amide bonds. The third kappa shape index (κ3) is 7.65. The van der Waals surface area contributed by atoms with Crippen LogP contribution in [-0.4, -0.2) is 57.6 Å². The lowest BCUT2D eigenvalue weighted by Crippen LogP contribution is -2.47. The molecule has 0 aliphatic rings. The highest BCUT2D eigenvalue weighted by atomic mass is 32.2. The van der Waals surface area contributed by atoms with Crippen molar-refractivity contribution < 1.29 is 23.4 Å². The number of hydrogen-bond donors (Lipinski definition) is 4. The molecule has 0 fully saturated rings. The van der Waals surface area contributed by atoms with E-state index in [1.165, 1.54) is 14.0 Å². The first-order valence-electron chi connectivity index (χ1n) is 4.39. The quantitative estimate of drug-likeness (QED) is 0.361. The van der Waals surface area contributed by atoms with Gasteiger partial charge in [0.1, 0.15) is 0 Å². The normalized spacial score (nSPS) is 16.3. The summed E-state index contributed by atoms with van der Waals surface area (Å²) in [6.45, 7) is 0.953. The summed E-state index contributed by atoms with van der Waals surface area (Å²) in [5.41, 5.74) is -1.46. The van der Waals surface area contributed by atoms with E-state index < -0.39 is 22.4 Å². The Morgan fingerprint density at radius 2 is 2.00 bits per heavy atom. The predicted octanol–water partition coefficient (Wildman–Crippen LogP) is -2.20. The number of aliphatic hydroxyl groups excluding tert-OH is 1. The molecule has 0 aliphatic heterocycles. The van der Waals surface area contributed by atoms with Crippen LogP contribution in [0.5, 0.6) is 0 Å². The smallest absolute Gasteiger partial charge is 0.277 e. The van der Waals surface area contributed by atoms with Crippen LogP contribution < -0.4 is 9.44 Å². The van der Waals surface area contributed by atoms with E-state index in [0.29, 0.717) is 0 Å². The number of hydrogen-bond acceptors (Lipinski definition) is 5. The van der Waals surface area contributed by atoms with Crippen LogP contribution in [0, 0.1) is 0 Å². The molecular formula is C7H18N2O5S. The van der Waals surface area contributed by atoms with Crippen molar-refractivity contribution in [1.29, 1.82) is 0 Å². The predicted molar refractivity (Wildman–Crippen MR) is 54.5 cm³/mol. The zero-order valence-electron chi connectivity index (χ0n) is 8.86. The first kappa shape index (κ1) is 14.8. The highest BCUT2D eigenvalue weighted by Crippen LogP contribution is 1.98. The number of ether oxygens (including phenoxy) is 1. The van der Waals surface area contributed by atoms with E-state index in [9.17, 15) is 13.5 Å². The van der Waals surface area contributed by atoms with Crippen molar-refractivity contribution in [2.45, 2.75) is 12.5 Å². The van der Waals surface area contributed by atoms with Crippen LogP contribution in [0.2, 0.25) is 0 Å². The average Bonchev–Trinajstić information content (AvgIpc) is 2.16. The zero-order valence-corrected chi connectivity index (χ0v) is 9.67. The van der Waals surface area contributed by atoms with Gasteiger partial charge in [-0.1, -0.05) is 0 Å². The van der Waals surface area contributed by atoms with Crippen LogP contribution >= 0.6 is 0 Å². The van der Waals surface area contributed by atoms with Gasteiger partial charge in [0.2, 0.25) is 0 Å². The summed E-state index contributed by atoms with van der Waals surface area (Å²) in [7, 11) is -2.19. The third-order valence-corrected chi connectivity index (χ3v) is 2.69. The summed E-state index contributed by atoms with van der Waals surface area (Å²) < 4.78 is 31.4. The molecule has 92 valence electrons. The van der Waals surface area contributed by atoms with Crippen LogP contribution in [0.4, 0.5) is 0 Å². The molecule has 0 aromatic carbocycles. The summed E-state index contributed by atoms with van der Waals surface area (Å²) in [5, 5.41) is 18.0. The Bertz CT molecular complexity index is 265. The van der Waals surface area contributed by atoms with Gasteiger partial charge in [-0.3, -0.25) is 0 Å². The second-order valence-electron chi connectivity index (χ2n) is 3.37. The number of aliphatic hydroxyl groups is 2. The van der Waals surface area contributed by atoms with Crippen LogP contribution in [0.1, 0.15) is 6.92 Å². The molecule has 0 rings (SSSR count). The molecule has 8 heteroatoms. The first-order valence-corrected chi connectivity index (χ1v) is 5.88. The fourth-order valence-electron chi connectivity index (χ4n) is 0.636. The van der Waals surface area contributed by atoms with E-state index >= 15 is 0 Å². The summed E-state index contributed by atoms with van der Waals surface area (Å²) in [6.07, 6.45) is 0. The zero-order chi connectivity index (χ0) is 11.9. The minimum Gasteiger partial charge on any atom is -0.393 e. The molecule has 0 spiro atoms. The lowest BCUT2D eigenvalue weighted by molar-refractivity contribution is 0.00675. The fraction of sp³-hybridized carbons (Fsp3) is 1.00. The molecule has 0 radical (unpaired) electrons. The second-order valence-corrected chi connectivity index (χ2v) is 4.95. The third-order valence-electron chi connectivity index (χ3n) is 1.58. The van der Waals surface area contributed by atoms with Gasteiger partial charge in [0.05, 0.1) is 18.8 Å². The molecule has 0 saturated carbocycles. The van der Waals surface area contributed by atoms with Gasteiger partial charge in [0.15, 0.2) is 0 Å². The van der Waals surface area contributed by atoms with Gasteiger partial charge < -0.3 is 14.9 Å². The summed E-state index contributed by atoms with van der Waals surface area (Å²) in [6, 6.07) is 0. The SMILES string of the molecule is COCCNS(=O)(=O)NCC(C)(O)CO. The van der Waals surface area contributed by atoms with Crippen molar-refractivity contribution in [1.82, 2.24) is 9.44 Å². The Hall–Kier alpha value is -0.250. The second kappa shape index (κ2) is 6.36. The summed E-state index contributed by atoms with van der Waals surface area (Å²) in [5.74, 6) is 0. The van der Waals surface area contributed by atoms with E-state index in [-0.39, 0.29) is 19.7 Å². The van der Waals surface area contributed by atoms with Crippen molar-refractivity contribution >= 4 is 10.2 Å². The number of nitrogens with one attached hydrogen (secondary N) is 2. The lowest BCUT2D eigenvalue weighted by atomic mass is 10.1. The van der Waals surface area contributed by atoms with Crippen molar-refractivity contribution in [3.05, 3.63) is 0 Å². The molecule has 0 aromatic heterocycles. The van der Waals surface area contributed by atoms with Crippen LogP contribution in [0.25, 0.3) is 0 Å². The van der Waals surface area contributed by atoms with E-state index in [1.54, 1.807) is 0 Å². The maximum atomic E-state index is 11.2. The average molecular weight is 242 g/mol. The van der Waals surface area contributed by atoms with Gasteiger partial charge in [-0.2, -0.15) is 17.9 Å². The van der Waals surface area contributed by atoms with Crippen molar-refractivity contribution in [2.24, 2.45) is 0 Å². The minimum absolute atomic E-state index is 0.146. The molecule has 0 heterocycles. The van der Waals surface area contributed by atoms with Gasteiger partial charge in [-0.15, -0.1) is 0 Å². The highest BCUT2D eigenvalue weighted by Gasteiger charge is 2.21. The van der Waals surface area contributed by atoms with Crippen molar-refractivity contribution in [3.63, 3.8) is 0 Å². The Labute approximate surface area is 89.6 Å². The number of rotatable bonds is 8. The van der Waals surface area contributed by atoms with E-state index in [0.717, 1.165) is 0 Å². The Kier molecular flexibility index (Phi) is 6.25. The standard InChI is InChI=1S/C7H18N2O5S/c1-7(11,6-10)5-9-15(12,13)8-3-4-14-2/h8-11H,3-6H2,1-2H3. The molecule has 0 aromatic rings. The molecule has 1 atom stereocenters. The Morgan fingerprint density at radius 3 is 2.47 bits per heavy atom. The molecule has 4 N–H and O–H groups in total. The van der Waals surface area contributed by atoms with Crippen LogP contribution in [0.3, 0.4) is 0 Å². The lowest BCUT2D eigenvalue weighted by Gasteiger charge is -2.20. The van der Waals surface area contributed by atoms with E-state index in [2.05, 4.69) is 14.2 Å². The molecule has 0 aliphatic carbocycles. The molecule has 0 bridgehead atoms. The van der Waals surface area contributed by atoms with E-state index in [1.807, 2.05) is 0 Å². The molecule has 7 nitrogen and oxygen atoms in total. The van der Waals surface area contributed by atoms with Gasteiger partial charge >= 0.3 is 0 Å². The fourth-order valence-corrected chi connectivity index (χ4v) is 1.59. The maximum absolute atomic E-state index is 11.2. The van der Waals surface area contributed by atoms with E-state index in [4.69, 9.17) is 5.11 Å². The van der Waals surface area contributed by atoms with Crippen LogP contribution in [0.15, 0.2) is 0 Å². The minimum atomic E-state index is -3.65.